The van der Waals surface area contributed by atoms with Crippen LogP contribution in [0.15, 0.2) is 69.2 Å². The van der Waals surface area contributed by atoms with Crippen LogP contribution in [0, 0.1) is 0 Å². The molecule has 0 radical (unpaired) electrons. The molecule has 0 fully saturated rings. The second kappa shape index (κ2) is 7.64. The number of fused-ring (bicyclic) bond motifs is 2. The Bertz CT molecular complexity index is 1270. The zero-order valence-electron chi connectivity index (χ0n) is 15.7. The van der Waals surface area contributed by atoms with E-state index < -0.39 is 0 Å². The summed E-state index contributed by atoms with van der Waals surface area (Å²) in [5.41, 5.74) is 7.89. The number of benzene rings is 2. The Kier molecular flexibility index (Phi) is 4.69. The third-order valence-electron chi connectivity index (χ3n) is 5.21. The Balaban J connectivity index is 1.33. The molecule has 0 bridgehead atoms. The summed E-state index contributed by atoms with van der Waals surface area (Å²) in [5, 5.41) is 5.39. The summed E-state index contributed by atoms with van der Waals surface area (Å²) in [6, 6.07) is 13.9. The number of aromatic nitrogens is 1. The number of rotatable bonds is 4. The van der Waals surface area contributed by atoms with Crippen molar-refractivity contribution in [2.24, 2.45) is 5.10 Å². The van der Waals surface area contributed by atoms with Crippen LogP contribution in [-0.4, -0.2) is 11.2 Å². The minimum Gasteiger partial charge on any atom is -0.463 e. The van der Waals surface area contributed by atoms with E-state index >= 15 is 0 Å². The van der Waals surface area contributed by atoms with Crippen LogP contribution in [0.3, 0.4) is 0 Å². The van der Waals surface area contributed by atoms with Crippen molar-refractivity contribution in [1.82, 2.24) is 4.98 Å². The van der Waals surface area contributed by atoms with Gasteiger partial charge in [0.1, 0.15) is 11.8 Å². The van der Waals surface area contributed by atoms with Crippen molar-refractivity contribution in [2.45, 2.75) is 25.7 Å². The molecular weight excluding hydrogens is 382 g/mol. The number of hydrogen-bond donors (Lipinski definition) is 1. The molecule has 2 aromatic carbocycles. The standard InChI is InChI=1S/C23H19N3O2S/c27-22-18(14-28-20-8-4-3-7-19(20)22)12-25-26-23-24-13-21(29-23)17-10-9-15-5-1-2-6-16(15)11-17/h3-4,7-14H,1-2,5-6H2,(H,24,26)/b25-12+. The van der Waals surface area contributed by atoms with Crippen LogP contribution in [0.1, 0.15) is 29.5 Å². The van der Waals surface area contributed by atoms with E-state index in [2.05, 4.69) is 33.7 Å². The van der Waals surface area contributed by atoms with Gasteiger partial charge in [0.05, 0.1) is 22.0 Å². The van der Waals surface area contributed by atoms with Crippen molar-refractivity contribution in [1.29, 1.82) is 0 Å². The summed E-state index contributed by atoms with van der Waals surface area (Å²) >= 11 is 1.54. The lowest BCUT2D eigenvalue weighted by molar-refractivity contribution is 0.601. The number of nitrogens with zero attached hydrogens (tertiary/aromatic N) is 2. The van der Waals surface area contributed by atoms with Crippen molar-refractivity contribution in [3.8, 4) is 10.4 Å². The van der Waals surface area contributed by atoms with E-state index in [1.807, 2.05) is 18.3 Å². The van der Waals surface area contributed by atoms with E-state index in [9.17, 15) is 4.79 Å². The molecule has 0 spiro atoms. The van der Waals surface area contributed by atoms with Gasteiger partial charge in [-0.05, 0) is 54.5 Å². The maximum atomic E-state index is 12.5. The van der Waals surface area contributed by atoms with Crippen molar-refractivity contribution in [3.05, 3.63) is 81.8 Å². The lowest BCUT2D eigenvalue weighted by Crippen LogP contribution is -2.08. The average molecular weight is 401 g/mol. The van der Waals surface area contributed by atoms with Crippen molar-refractivity contribution < 1.29 is 4.42 Å². The van der Waals surface area contributed by atoms with Gasteiger partial charge in [-0.1, -0.05) is 41.7 Å². The highest BCUT2D eigenvalue weighted by molar-refractivity contribution is 7.18. The molecule has 2 heterocycles. The van der Waals surface area contributed by atoms with Crippen LogP contribution in [-0.2, 0) is 12.8 Å². The van der Waals surface area contributed by atoms with E-state index in [0.717, 1.165) is 11.3 Å². The van der Waals surface area contributed by atoms with Gasteiger partial charge in [-0.2, -0.15) is 5.10 Å². The second-order valence-corrected chi connectivity index (χ2v) is 8.14. The monoisotopic (exact) mass is 401 g/mol. The van der Waals surface area contributed by atoms with Crippen LogP contribution in [0.4, 0.5) is 5.13 Å². The summed E-state index contributed by atoms with van der Waals surface area (Å²) in [5.74, 6) is 0. The fourth-order valence-corrected chi connectivity index (χ4v) is 4.45. The van der Waals surface area contributed by atoms with Gasteiger partial charge in [0.15, 0.2) is 0 Å². The minimum absolute atomic E-state index is 0.105. The Labute approximate surface area is 171 Å². The summed E-state index contributed by atoms with van der Waals surface area (Å²) in [6.45, 7) is 0. The van der Waals surface area contributed by atoms with Gasteiger partial charge < -0.3 is 4.42 Å². The van der Waals surface area contributed by atoms with Gasteiger partial charge in [-0.15, -0.1) is 0 Å². The maximum Gasteiger partial charge on any atom is 0.203 e. The van der Waals surface area contributed by atoms with Gasteiger partial charge >= 0.3 is 0 Å². The first kappa shape index (κ1) is 17.8. The van der Waals surface area contributed by atoms with Crippen LogP contribution in [0.2, 0.25) is 0 Å². The predicted octanol–water partition coefficient (Wildman–Crippen LogP) is 5.24. The fourth-order valence-electron chi connectivity index (χ4n) is 3.69. The molecule has 1 aliphatic carbocycles. The molecule has 6 heteroatoms. The molecule has 0 unspecified atom stereocenters. The number of anilines is 1. The SMILES string of the molecule is O=c1c(/C=N/Nc2ncc(-c3ccc4c(c3)CCCC4)s2)coc2ccccc12. The normalized spacial score (nSPS) is 13.7. The molecule has 0 aliphatic heterocycles. The second-order valence-electron chi connectivity index (χ2n) is 7.11. The minimum atomic E-state index is -0.105. The number of para-hydroxylation sites is 1. The third-order valence-corrected chi connectivity index (χ3v) is 6.16. The van der Waals surface area contributed by atoms with E-state index in [-0.39, 0.29) is 5.43 Å². The maximum absolute atomic E-state index is 12.5. The fraction of sp³-hybridized carbons (Fsp3) is 0.174. The number of hydrazone groups is 1. The van der Waals surface area contributed by atoms with Crippen molar-refractivity contribution >= 4 is 33.7 Å². The summed E-state index contributed by atoms with van der Waals surface area (Å²) in [6.07, 6.45) is 9.65. The largest absolute Gasteiger partial charge is 0.463 e. The predicted molar refractivity (Wildman–Crippen MR) is 118 cm³/mol. The van der Waals surface area contributed by atoms with Gasteiger partial charge in [-0.25, -0.2) is 4.98 Å². The highest BCUT2D eigenvalue weighted by Crippen LogP contribution is 2.32. The van der Waals surface area contributed by atoms with E-state index in [1.165, 1.54) is 48.4 Å². The molecule has 29 heavy (non-hydrogen) atoms. The molecule has 4 aromatic rings. The molecule has 144 valence electrons. The van der Waals surface area contributed by atoms with Crippen molar-refractivity contribution in [3.63, 3.8) is 0 Å². The van der Waals surface area contributed by atoms with Gasteiger partial charge in [-0.3, -0.25) is 10.2 Å². The molecule has 0 saturated carbocycles. The number of nitrogens with one attached hydrogen (secondary N) is 1. The van der Waals surface area contributed by atoms with Crippen LogP contribution < -0.4 is 10.9 Å². The molecule has 1 aliphatic rings. The Hall–Kier alpha value is -3.25. The first-order chi connectivity index (χ1) is 14.3. The molecular formula is C23H19N3O2S. The molecule has 0 amide bonds. The smallest absolute Gasteiger partial charge is 0.203 e. The zero-order chi connectivity index (χ0) is 19.6. The van der Waals surface area contributed by atoms with Crippen LogP contribution >= 0.6 is 11.3 Å². The van der Waals surface area contributed by atoms with E-state index in [4.69, 9.17) is 4.42 Å². The zero-order valence-corrected chi connectivity index (χ0v) is 16.5. The summed E-state index contributed by atoms with van der Waals surface area (Å²) in [4.78, 5) is 18.0. The molecule has 1 N–H and O–H groups in total. The lowest BCUT2D eigenvalue weighted by atomic mass is 9.90. The molecule has 2 aromatic heterocycles. The summed E-state index contributed by atoms with van der Waals surface area (Å²) < 4.78 is 5.50. The van der Waals surface area contributed by atoms with Crippen molar-refractivity contribution in [2.75, 3.05) is 5.43 Å². The number of aryl methyl sites for hydroxylation is 2. The van der Waals surface area contributed by atoms with Gasteiger partial charge in [0, 0.05) is 6.20 Å². The number of thiazole rings is 1. The molecule has 5 nitrogen and oxygen atoms in total. The topological polar surface area (TPSA) is 67.5 Å². The number of hydrogen-bond acceptors (Lipinski definition) is 6. The van der Waals surface area contributed by atoms with Gasteiger partial charge in [0.2, 0.25) is 10.6 Å². The van der Waals surface area contributed by atoms with Gasteiger partial charge in [0.25, 0.3) is 0 Å². The highest BCUT2D eigenvalue weighted by atomic mass is 32.1. The highest BCUT2D eigenvalue weighted by Gasteiger charge is 2.11. The lowest BCUT2D eigenvalue weighted by Gasteiger charge is -2.16. The van der Waals surface area contributed by atoms with Crippen LogP contribution in [0.5, 0.6) is 0 Å². The first-order valence-corrected chi connectivity index (χ1v) is 10.5. The Morgan fingerprint density at radius 1 is 1.10 bits per heavy atom. The van der Waals surface area contributed by atoms with E-state index in [1.54, 1.807) is 23.5 Å². The molecule has 0 atom stereocenters. The third kappa shape index (κ3) is 3.59. The molecule has 5 rings (SSSR count). The summed E-state index contributed by atoms with van der Waals surface area (Å²) in [7, 11) is 0. The quantitative estimate of drug-likeness (QED) is 0.375. The van der Waals surface area contributed by atoms with E-state index in [0.29, 0.717) is 21.7 Å². The van der Waals surface area contributed by atoms with Crippen LogP contribution in [0.25, 0.3) is 21.4 Å². The average Bonchev–Trinajstić information content (AvgIpc) is 3.24. The Morgan fingerprint density at radius 2 is 1.97 bits per heavy atom. The molecule has 0 saturated heterocycles. The Morgan fingerprint density at radius 3 is 2.90 bits per heavy atom. The first-order valence-electron chi connectivity index (χ1n) is 9.65.